The van der Waals surface area contributed by atoms with Crippen molar-refractivity contribution in [1.82, 2.24) is 5.32 Å². The molecule has 100 valence electrons. The molecule has 4 nitrogen and oxygen atoms in total. The predicted molar refractivity (Wildman–Crippen MR) is 73.6 cm³/mol. The SMILES string of the molecule is CSC1CCC(NC(=O)c2ccc(CN)o2)CC1. The topological polar surface area (TPSA) is 68.3 Å². The standard InChI is InChI=1S/C13H20N2O2S/c1-18-11-5-2-9(3-6-11)15-13(16)12-7-4-10(8-14)17-12/h4,7,9,11H,2-3,5-6,8,14H2,1H3,(H,15,16). The molecule has 0 aliphatic heterocycles. The predicted octanol–water partition coefficient (Wildman–Crippen LogP) is 2.14. The van der Waals surface area contributed by atoms with Crippen LogP contribution in [0.15, 0.2) is 16.5 Å². The first-order valence-corrected chi connectivity index (χ1v) is 7.64. The van der Waals surface area contributed by atoms with Gasteiger partial charge in [-0.3, -0.25) is 4.79 Å². The number of carbonyl (C=O) groups is 1. The number of thioether (sulfide) groups is 1. The smallest absolute Gasteiger partial charge is 0.287 e. The molecular formula is C13H20N2O2S. The van der Waals surface area contributed by atoms with Gasteiger partial charge >= 0.3 is 0 Å². The van der Waals surface area contributed by atoms with Crippen molar-refractivity contribution in [2.45, 2.75) is 43.5 Å². The van der Waals surface area contributed by atoms with Gasteiger partial charge in [0.2, 0.25) is 0 Å². The third-order valence-electron chi connectivity index (χ3n) is 3.43. The number of carbonyl (C=O) groups excluding carboxylic acids is 1. The van der Waals surface area contributed by atoms with Gasteiger partial charge in [0.05, 0.1) is 6.54 Å². The van der Waals surface area contributed by atoms with Crippen molar-refractivity contribution in [3.8, 4) is 0 Å². The molecule has 1 aliphatic carbocycles. The van der Waals surface area contributed by atoms with E-state index in [4.69, 9.17) is 10.2 Å². The van der Waals surface area contributed by atoms with Crippen LogP contribution < -0.4 is 11.1 Å². The average Bonchev–Trinajstić information content (AvgIpc) is 2.88. The lowest BCUT2D eigenvalue weighted by Crippen LogP contribution is -2.37. The maximum absolute atomic E-state index is 11.9. The zero-order chi connectivity index (χ0) is 13.0. The fraction of sp³-hybridized carbons (Fsp3) is 0.615. The maximum atomic E-state index is 11.9. The summed E-state index contributed by atoms with van der Waals surface area (Å²) in [5, 5.41) is 3.79. The second-order valence-electron chi connectivity index (χ2n) is 4.65. The van der Waals surface area contributed by atoms with Gasteiger partial charge in [-0.1, -0.05) is 0 Å². The molecule has 5 heteroatoms. The molecule has 1 saturated carbocycles. The Morgan fingerprint density at radius 1 is 1.44 bits per heavy atom. The highest BCUT2D eigenvalue weighted by Crippen LogP contribution is 2.27. The molecule has 1 fully saturated rings. The number of nitrogens with one attached hydrogen (secondary N) is 1. The third-order valence-corrected chi connectivity index (χ3v) is 4.57. The van der Waals surface area contributed by atoms with Crippen molar-refractivity contribution < 1.29 is 9.21 Å². The lowest BCUT2D eigenvalue weighted by molar-refractivity contribution is 0.0898. The van der Waals surface area contributed by atoms with Crippen molar-refractivity contribution in [2.24, 2.45) is 5.73 Å². The van der Waals surface area contributed by atoms with E-state index in [0.29, 0.717) is 18.1 Å². The van der Waals surface area contributed by atoms with Crippen molar-refractivity contribution in [3.05, 3.63) is 23.7 Å². The number of hydrogen-bond donors (Lipinski definition) is 2. The highest BCUT2D eigenvalue weighted by atomic mass is 32.2. The molecule has 0 bridgehead atoms. The van der Waals surface area contributed by atoms with Crippen LogP contribution in [0.2, 0.25) is 0 Å². The van der Waals surface area contributed by atoms with Crippen LogP contribution >= 0.6 is 11.8 Å². The Morgan fingerprint density at radius 3 is 2.72 bits per heavy atom. The van der Waals surface area contributed by atoms with E-state index in [1.165, 1.54) is 12.8 Å². The Balaban J connectivity index is 1.84. The van der Waals surface area contributed by atoms with Gasteiger partial charge in [0.25, 0.3) is 5.91 Å². The van der Waals surface area contributed by atoms with Gasteiger partial charge in [0.1, 0.15) is 5.76 Å². The molecule has 0 unspecified atom stereocenters. The molecule has 1 aromatic rings. The highest BCUT2D eigenvalue weighted by molar-refractivity contribution is 7.99. The van der Waals surface area contributed by atoms with Crippen molar-refractivity contribution >= 4 is 17.7 Å². The number of amides is 1. The molecule has 0 aromatic carbocycles. The summed E-state index contributed by atoms with van der Waals surface area (Å²) in [6, 6.07) is 3.72. The summed E-state index contributed by atoms with van der Waals surface area (Å²) in [5.41, 5.74) is 5.45. The summed E-state index contributed by atoms with van der Waals surface area (Å²) in [7, 11) is 0. The van der Waals surface area contributed by atoms with E-state index in [9.17, 15) is 4.79 Å². The lowest BCUT2D eigenvalue weighted by atomic mass is 9.95. The normalized spacial score (nSPS) is 23.9. The number of furan rings is 1. The van der Waals surface area contributed by atoms with Gasteiger partial charge in [-0.25, -0.2) is 0 Å². The molecule has 1 amide bonds. The van der Waals surface area contributed by atoms with Crippen molar-refractivity contribution in [2.75, 3.05) is 6.26 Å². The minimum atomic E-state index is -0.123. The van der Waals surface area contributed by atoms with Gasteiger partial charge in [0.15, 0.2) is 5.76 Å². The third kappa shape index (κ3) is 3.29. The molecule has 0 radical (unpaired) electrons. The van der Waals surface area contributed by atoms with Crippen LogP contribution in [0.25, 0.3) is 0 Å². The molecule has 3 N–H and O–H groups in total. The first-order chi connectivity index (χ1) is 8.72. The van der Waals surface area contributed by atoms with Gasteiger partial charge in [-0.2, -0.15) is 11.8 Å². The molecule has 2 rings (SSSR count). The van der Waals surface area contributed by atoms with Crippen LogP contribution in [0.3, 0.4) is 0 Å². The Bertz CT molecular complexity index is 397. The summed E-state index contributed by atoms with van der Waals surface area (Å²) in [5.74, 6) is 0.885. The van der Waals surface area contributed by atoms with E-state index in [2.05, 4.69) is 11.6 Å². The van der Waals surface area contributed by atoms with E-state index < -0.39 is 0 Å². The molecular weight excluding hydrogens is 248 g/mol. The molecule has 0 saturated heterocycles. The van der Waals surface area contributed by atoms with E-state index in [0.717, 1.165) is 18.1 Å². The highest BCUT2D eigenvalue weighted by Gasteiger charge is 2.23. The van der Waals surface area contributed by atoms with E-state index in [-0.39, 0.29) is 11.9 Å². The Morgan fingerprint density at radius 2 is 2.17 bits per heavy atom. The van der Waals surface area contributed by atoms with E-state index >= 15 is 0 Å². The van der Waals surface area contributed by atoms with Gasteiger partial charge < -0.3 is 15.5 Å². The largest absolute Gasteiger partial charge is 0.455 e. The Hall–Kier alpha value is -0.940. The van der Waals surface area contributed by atoms with E-state index in [1.54, 1.807) is 12.1 Å². The fourth-order valence-corrected chi connectivity index (χ4v) is 3.05. The maximum Gasteiger partial charge on any atom is 0.287 e. The lowest BCUT2D eigenvalue weighted by Gasteiger charge is -2.27. The minimum absolute atomic E-state index is 0.123. The first-order valence-electron chi connectivity index (χ1n) is 6.35. The summed E-state index contributed by atoms with van der Waals surface area (Å²) in [6.45, 7) is 0.326. The second kappa shape index (κ2) is 6.29. The van der Waals surface area contributed by atoms with Crippen LogP contribution in [-0.2, 0) is 6.54 Å². The summed E-state index contributed by atoms with van der Waals surface area (Å²) < 4.78 is 5.34. The zero-order valence-corrected chi connectivity index (χ0v) is 11.5. The second-order valence-corrected chi connectivity index (χ2v) is 5.79. The number of hydrogen-bond acceptors (Lipinski definition) is 4. The Labute approximate surface area is 112 Å². The van der Waals surface area contributed by atoms with Crippen molar-refractivity contribution in [3.63, 3.8) is 0 Å². The molecule has 1 aliphatic rings. The van der Waals surface area contributed by atoms with Gasteiger partial charge in [-0.05, 0) is 44.1 Å². The molecule has 0 atom stereocenters. The molecule has 0 spiro atoms. The molecule has 1 heterocycles. The Kier molecular flexibility index (Phi) is 4.72. The van der Waals surface area contributed by atoms with Crippen LogP contribution in [-0.4, -0.2) is 23.5 Å². The summed E-state index contributed by atoms with van der Waals surface area (Å²) >= 11 is 1.92. The average molecular weight is 268 g/mol. The monoisotopic (exact) mass is 268 g/mol. The van der Waals surface area contributed by atoms with Gasteiger partial charge in [-0.15, -0.1) is 0 Å². The van der Waals surface area contributed by atoms with E-state index in [1.807, 2.05) is 11.8 Å². The quantitative estimate of drug-likeness (QED) is 0.878. The fourth-order valence-electron chi connectivity index (χ4n) is 2.31. The van der Waals surface area contributed by atoms with Gasteiger partial charge in [0, 0.05) is 11.3 Å². The minimum Gasteiger partial charge on any atom is -0.455 e. The van der Waals surface area contributed by atoms with Crippen LogP contribution in [0, 0.1) is 0 Å². The molecule has 18 heavy (non-hydrogen) atoms. The van der Waals surface area contributed by atoms with Crippen LogP contribution in [0.5, 0.6) is 0 Å². The van der Waals surface area contributed by atoms with Crippen LogP contribution in [0.4, 0.5) is 0 Å². The van der Waals surface area contributed by atoms with Crippen LogP contribution in [0.1, 0.15) is 42.0 Å². The van der Waals surface area contributed by atoms with Crippen molar-refractivity contribution in [1.29, 1.82) is 0 Å². The first kappa shape index (κ1) is 13.5. The zero-order valence-electron chi connectivity index (χ0n) is 10.6. The number of nitrogens with two attached hydrogens (primary N) is 1. The number of rotatable bonds is 4. The molecule has 1 aromatic heterocycles. The summed E-state index contributed by atoms with van der Waals surface area (Å²) in [6.07, 6.45) is 6.63. The summed E-state index contributed by atoms with van der Waals surface area (Å²) in [4.78, 5) is 11.9.